The van der Waals surface area contributed by atoms with E-state index in [-0.39, 0.29) is 0 Å². The summed E-state index contributed by atoms with van der Waals surface area (Å²) in [6.45, 7) is 5.62. The highest BCUT2D eigenvalue weighted by Gasteiger charge is 2.19. The van der Waals surface area contributed by atoms with Gasteiger partial charge in [0.2, 0.25) is 0 Å². The third-order valence-electron chi connectivity index (χ3n) is 3.88. The Balaban J connectivity index is 2.02. The highest BCUT2D eigenvalue weighted by Crippen LogP contribution is 2.25. The fourth-order valence-corrected chi connectivity index (χ4v) is 4.22. The van der Waals surface area contributed by atoms with Crippen molar-refractivity contribution in [3.05, 3.63) is 44.8 Å². The largest absolute Gasteiger partial charge is 0.307 e. The Morgan fingerprint density at radius 2 is 1.81 bits per heavy atom. The molecule has 0 aromatic carbocycles. The molecule has 116 valence electrons. The van der Waals surface area contributed by atoms with Crippen LogP contribution in [0.5, 0.6) is 0 Å². The Kier molecular flexibility index (Phi) is 6.42. The molecule has 1 N–H and O–H groups in total. The van der Waals surface area contributed by atoms with Crippen LogP contribution in [-0.4, -0.2) is 31.6 Å². The first-order valence-corrected chi connectivity index (χ1v) is 9.29. The fourth-order valence-electron chi connectivity index (χ4n) is 2.67. The van der Waals surface area contributed by atoms with Crippen molar-refractivity contribution in [2.75, 3.05) is 20.6 Å². The zero-order valence-corrected chi connectivity index (χ0v) is 15.0. The topological polar surface area (TPSA) is 15.3 Å². The maximum atomic E-state index is 3.80. The molecule has 0 fully saturated rings. The van der Waals surface area contributed by atoms with Gasteiger partial charge in [0.1, 0.15) is 0 Å². The molecule has 4 heteroatoms. The molecule has 0 amide bonds. The van der Waals surface area contributed by atoms with Crippen LogP contribution in [0.25, 0.3) is 0 Å². The van der Waals surface area contributed by atoms with Crippen LogP contribution in [0.15, 0.2) is 35.0 Å². The fraction of sp³-hybridized carbons (Fsp3) is 0.529. The van der Waals surface area contributed by atoms with Gasteiger partial charge >= 0.3 is 0 Å². The lowest BCUT2D eigenvalue weighted by molar-refractivity contribution is 0.218. The predicted molar refractivity (Wildman–Crippen MR) is 95.4 cm³/mol. The minimum atomic E-state index is 0.421. The van der Waals surface area contributed by atoms with Crippen molar-refractivity contribution in [2.45, 2.75) is 32.4 Å². The lowest BCUT2D eigenvalue weighted by atomic mass is 10.0. The number of hydrogen-bond donors (Lipinski definition) is 1. The summed E-state index contributed by atoms with van der Waals surface area (Å²) in [4.78, 5) is 5.21. The number of nitrogens with one attached hydrogen (secondary N) is 1. The second-order valence-corrected chi connectivity index (χ2v) is 8.05. The zero-order chi connectivity index (χ0) is 15.2. The minimum Gasteiger partial charge on any atom is -0.307 e. The van der Waals surface area contributed by atoms with Crippen molar-refractivity contribution in [1.82, 2.24) is 10.2 Å². The van der Waals surface area contributed by atoms with Crippen LogP contribution in [0, 0.1) is 5.92 Å². The van der Waals surface area contributed by atoms with E-state index < -0.39 is 0 Å². The average molecular weight is 323 g/mol. The zero-order valence-electron chi connectivity index (χ0n) is 13.4. The van der Waals surface area contributed by atoms with E-state index in [0.717, 1.165) is 13.0 Å². The molecule has 0 saturated carbocycles. The molecular weight excluding hydrogens is 296 g/mol. The summed E-state index contributed by atoms with van der Waals surface area (Å²) in [5, 5.41) is 8.13. The maximum absolute atomic E-state index is 3.80. The molecule has 0 saturated heterocycles. The molecule has 21 heavy (non-hydrogen) atoms. The van der Waals surface area contributed by atoms with Gasteiger partial charge < -0.3 is 10.2 Å². The van der Waals surface area contributed by atoms with Crippen molar-refractivity contribution in [3.8, 4) is 0 Å². The molecule has 0 aliphatic rings. The number of likely N-dealkylation sites (N-methyl/N-ethyl adjacent to an activating group) is 1. The van der Waals surface area contributed by atoms with Crippen molar-refractivity contribution >= 4 is 22.7 Å². The molecule has 2 nitrogen and oxygen atoms in total. The number of rotatable bonds is 8. The van der Waals surface area contributed by atoms with Gasteiger partial charge in [-0.2, -0.15) is 0 Å². The second-order valence-electron chi connectivity index (χ2n) is 6.03. The Morgan fingerprint density at radius 3 is 2.33 bits per heavy atom. The molecule has 2 unspecified atom stereocenters. The standard InChI is InChI=1S/C17H26N2S2/c1-13(2)16(19(3)4)12-18-15(17-8-6-10-21-17)11-14-7-5-9-20-14/h5-10,13,15-16,18H,11-12H2,1-4H3. The van der Waals surface area contributed by atoms with Crippen LogP contribution in [0.3, 0.4) is 0 Å². The molecule has 0 spiro atoms. The second kappa shape index (κ2) is 8.08. The maximum Gasteiger partial charge on any atom is 0.0464 e. The predicted octanol–water partition coefficient (Wildman–Crippen LogP) is 4.27. The summed E-state index contributed by atoms with van der Waals surface area (Å²) in [5.74, 6) is 0.651. The first-order chi connectivity index (χ1) is 10.1. The van der Waals surface area contributed by atoms with E-state index in [9.17, 15) is 0 Å². The smallest absolute Gasteiger partial charge is 0.0464 e. The van der Waals surface area contributed by atoms with E-state index in [4.69, 9.17) is 0 Å². The normalized spacial score (nSPS) is 14.8. The van der Waals surface area contributed by atoms with Gasteiger partial charge in [0.15, 0.2) is 0 Å². The van der Waals surface area contributed by atoms with E-state index in [2.05, 4.69) is 73.2 Å². The van der Waals surface area contributed by atoms with Gasteiger partial charge in [-0.3, -0.25) is 0 Å². The lowest BCUT2D eigenvalue weighted by Crippen LogP contribution is -2.42. The molecule has 0 bridgehead atoms. The van der Waals surface area contributed by atoms with E-state index >= 15 is 0 Å². The average Bonchev–Trinajstić information content (AvgIpc) is 3.10. The van der Waals surface area contributed by atoms with E-state index in [0.29, 0.717) is 18.0 Å². The summed E-state index contributed by atoms with van der Waals surface area (Å²) in [7, 11) is 4.34. The number of thiophene rings is 2. The molecule has 0 aliphatic carbocycles. The lowest BCUT2D eigenvalue weighted by Gasteiger charge is -2.30. The quantitative estimate of drug-likeness (QED) is 0.781. The molecule has 2 aromatic heterocycles. The Hall–Kier alpha value is -0.680. The summed E-state index contributed by atoms with van der Waals surface area (Å²) in [5.41, 5.74) is 0. The van der Waals surface area contributed by atoms with Crippen molar-refractivity contribution < 1.29 is 0 Å². The van der Waals surface area contributed by atoms with Crippen LogP contribution >= 0.6 is 22.7 Å². The van der Waals surface area contributed by atoms with Crippen molar-refractivity contribution in [2.24, 2.45) is 5.92 Å². The summed E-state index contributed by atoms with van der Waals surface area (Å²) in [6, 6.07) is 9.76. The summed E-state index contributed by atoms with van der Waals surface area (Å²) < 4.78 is 0. The summed E-state index contributed by atoms with van der Waals surface area (Å²) >= 11 is 3.70. The molecule has 2 aromatic rings. The summed E-state index contributed by atoms with van der Waals surface area (Å²) in [6.07, 6.45) is 1.08. The first kappa shape index (κ1) is 16.7. The Bertz CT molecular complexity index is 481. The Morgan fingerprint density at radius 1 is 1.10 bits per heavy atom. The van der Waals surface area contributed by atoms with E-state index in [1.54, 1.807) is 0 Å². The van der Waals surface area contributed by atoms with Gasteiger partial charge in [0, 0.05) is 34.8 Å². The molecule has 0 aliphatic heterocycles. The van der Waals surface area contributed by atoms with Crippen LogP contribution in [0.1, 0.15) is 29.6 Å². The molecule has 2 rings (SSSR count). The molecule has 2 heterocycles. The Labute approximate surface area is 136 Å². The van der Waals surface area contributed by atoms with Gasteiger partial charge in [0.25, 0.3) is 0 Å². The highest BCUT2D eigenvalue weighted by atomic mass is 32.1. The van der Waals surface area contributed by atoms with E-state index in [1.165, 1.54) is 9.75 Å². The van der Waals surface area contributed by atoms with Crippen LogP contribution in [0.2, 0.25) is 0 Å². The van der Waals surface area contributed by atoms with E-state index in [1.807, 2.05) is 22.7 Å². The van der Waals surface area contributed by atoms with Gasteiger partial charge in [0.05, 0.1) is 0 Å². The van der Waals surface area contributed by atoms with Gasteiger partial charge in [-0.05, 0) is 42.9 Å². The first-order valence-electron chi connectivity index (χ1n) is 7.53. The van der Waals surface area contributed by atoms with Crippen molar-refractivity contribution in [3.63, 3.8) is 0 Å². The third kappa shape index (κ3) is 4.92. The third-order valence-corrected chi connectivity index (χ3v) is 5.76. The molecule has 0 radical (unpaired) electrons. The molecule has 2 atom stereocenters. The van der Waals surface area contributed by atoms with Gasteiger partial charge in [-0.15, -0.1) is 22.7 Å². The number of nitrogens with zero attached hydrogens (tertiary/aromatic N) is 1. The van der Waals surface area contributed by atoms with Crippen LogP contribution < -0.4 is 5.32 Å². The SMILES string of the molecule is CC(C)C(CNC(Cc1cccs1)c1cccs1)N(C)C. The van der Waals surface area contributed by atoms with Crippen molar-refractivity contribution in [1.29, 1.82) is 0 Å². The minimum absolute atomic E-state index is 0.421. The van der Waals surface area contributed by atoms with Crippen LogP contribution in [0.4, 0.5) is 0 Å². The van der Waals surface area contributed by atoms with Gasteiger partial charge in [-0.1, -0.05) is 26.0 Å². The molecular formula is C17H26N2S2. The highest BCUT2D eigenvalue weighted by molar-refractivity contribution is 7.10. The monoisotopic (exact) mass is 322 g/mol. The van der Waals surface area contributed by atoms with Gasteiger partial charge in [-0.25, -0.2) is 0 Å². The van der Waals surface area contributed by atoms with Crippen LogP contribution in [-0.2, 0) is 6.42 Å². The number of hydrogen-bond acceptors (Lipinski definition) is 4.